The van der Waals surface area contributed by atoms with Crippen LogP contribution in [-0.2, 0) is 14.3 Å². The Morgan fingerprint density at radius 2 is 0.927 bits per heavy atom. The molecule has 0 atom stereocenters. The van der Waals surface area contributed by atoms with E-state index in [1.54, 1.807) is 0 Å². The van der Waals surface area contributed by atoms with Crippen molar-refractivity contribution < 1.29 is 98.5 Å². The van der Waals surface area contributed by atoms with Gasteiger partial charge in [-0.1, -0.05) is 13.2 Å². The Hall–Kier alpha value is -2.84. The zero-order chi connectivity index (χ0) is 34.0. The lowest BCUT2D eigenvalue weighted by atomic mass is 9.87. The highest BCUT2D eigenvalue weighted by molar-refractivity contribution is 5.86. The first-order valence-electron chi connectivity index (χ1n) is 9.68. The first kappa shape index (κ1) is 40.3. The van der Waals surface area contributed by atoms with E-state index in [9.17, 15) is 88.6 Å². The molecule has 1 N–H and O–H groups in total. The highest BCUT2D eigenvalue weighted by Crippen LogP contribution is 2.64. The molecule has 41 heavy (non-hydrogen) atoms. The van der Waals surface area contributed by atoms with Crippen molar-refractivity contribution in [1.82, 2.24) is 0 Å². The summed E-state index contributed by atoms with van der Waals surface area (Å²) in [7, 11) is 0. The van der Waals surface area contributed by atoms with Crippen molar-refractivity contribution in [1.29, 1.82) is 0 Å². The molecule has 0 aromatic heterocycles. The van der Waals surface area contributed by atoms with Gasteiger partial charge >= 0.3 is 65.7 Å². The van der Waals surface area contributed by atoms with E-state index in [0.717, 1.165) is 6.92 Å². The van der Waals surface area contributed by atoms with Gasteiger partial charge in [-0.05, 0) is 13.8 Å². The molecule has 0 bridgehead atoms. The molecule has 22 heteroatoms. The van der Waals surface area contributed by atoms with Gasteiger partial charge in [0.2, 0.25) is 0 Å². The van der Waals surface area contributed by atoms with Gasteiger partial charge in [-0.2, -0.15) is 70.2 Å². The van der Waals surface area contributed by atoms with Crippen LogP contribution in [0.3, 0.4) is 0 Å². The number of carbonyl (C=O) groups excluding carboxylic acids is 1. The van der Waals surface area contributed by atoms with Crippen LogP contribution in [0, 0.1) is 0 Å². The molecule has 0 spiro atoms. The van der Waals surface area contributed by atoms with E-state index in [2.05, 4.69) is 17.9 Å². The molecule has 0 heterocycles. The number of rotatable bonds is 13. The van der Waals surface area contributed by atoms with Crippen molar-refractivity contribution in [2.75, 3.05) is 6.61 Å². The van der Waals surface area contributed by atoms with Crippen LogP contribution < -0.4 is 0 Å². The lowest BCUT2D eigenvalue weighted by Crippen LogP contribution is -2.75. The molecule has 0 unspecified atom stereocenters. The fraction of sp³-hybridized carbons (Fsp3) is 0.684. The maximum Gasteiger partial charge on any atom is 0.385 e. The second kappa shape index (κ2) is 12.2. The van der Waals surface area contributed by atoms with Crippen molar-refractivity contribution in [3.8, 4) is 0 Å². The third-order valence-corrected chi connectivity index (χ3v) is 4.49. The maximum atomic E-state index is 13.6. The van der Waals surface area contributed by atoms with Gasteiger partial charge in [-0.25, -0.2) is 18.4 Å². The molecule has 0 fully saturated rings. The smallest absolute Gasteiger partial charge is 0.385 e. The van der Waals surface area contributed by atoms with E-state index in [1.807, 2.05) is 0 Å². The zero-order valence-electron chi connectivity index (χ0n) is 19.9. The van der Waals surface area contributed by atoms with Crippen molar-refractivity contribution in [2.45, 2.75) is 74.1 Å². The van der Waals surface area contributed by atoms with Crippen LogP contribution in [0.5, 0.6) is 0 Å². The predicted octanol–water partition coefficient (Wildman–Crippen LogP) is 7.49. The number of ether oxygens (including phenoxy) is 1. The minimum Gasteiger partial charge on any atom is -0.478 e. The van der Waals surface area contributed by atoms with Crippen molar-refractivity contribution in [2.24, 2.45) is 0 Å². The average Bonchev–Trinajstić information content (AvgIpc) is 2.77. The third kappa shape index (κ3) is 6.97. The molecule has 0 aromatic rings. The Morgan fingerprint density at radius 3 is 1.20 bits per heavy atom. The maximum absolute atomic E-state index is 13.6. The Labute approximate surface area is 216 Å². The minimum absolute atomic E-state index is 0.176. The zero-order valence-corrected chi connectivity index (χ0v) is 19.9. The minimum atomic E-state index is -8.78. The quantitative estimate of drug-likeness (QED) is 0.128. The summed E-state index contributed by atoms with van der Waals surface area (Å²) in [5.74, 6) is -67.6. The molecule has 0 aliphatic carbocycles. The summed E-state index contributed by atoms with van der Waals surface area (Å²) in [5.41, 5.74) is -0.435. The summed E-state index contributed by atoms with van der Waals surface area (Å²) >= 11 is 0. The highest BCUT2D eigenvalue weighted by Gasteiger charge is 2.95. The van der Waals surface area contributed by atoms with Gasteiger partial charge < -0.3 is 9.84 Å². The van der Waals surface area contributed by atoms with E-state index in [4.69, 9.17) is 5.11 Å². The van der Waals surface area contributed by atoms with Gasteiger partial charge in [0.25, 0.3) is 0 Å². The largest absolute Gasteiger partial charge is 0.478 e. The van der Waals surface area contributed by atoms with Gasteiger partial charge in [0.15, 0.2) is 0 Å². The fourth-order valence-corrected chi connectivity index (χ4v) is 1.92. The Bertz CT molecular complexity index is 974. The summed E-state index contributed by atoms with van der Waals surface area (Å²) in [5, 5.41) is 7.89. The number of alkyl halides is 18. The molecule has 242 valence electrons. The normalized spacial score (nSPS) is 14.3. The lowest BCUT2D eigenvalue weighted by molar-refractivity contribution is -0.457. The lowest BCUT2D eigenvalue weighted by Gasteiger charge is -2.43. The number of aliphatic carboxylic acids is 1. The van der Waals surface area contributed by atoms with Crippen LogP contribution in [0.2, 0.25) is 0 Å². The Balaban J connectivity index is 0. The van der Waals surface area contributed by atoms with Crippen LogP contribution in [0.4, 0.5) is 79.0 Å². The summed E-state index contributed by atoms with van der Waals surface area (Å²) < 4.78 is 241. The molecule has 0 aromatic carbocycles. The molecule has 0 amide bonds. The molecular weight excluding hydrogens is 634 g/mol. The average molecular weight is 650 g/mol. The van der Waals surface area contributed by atoms with Crippen LogP contribution in [0.25, 0.3) is 0 Å². The van der Waals surface area contributed by atoms with Crippen molar-refractivity contribution in [3.05, 3.63) is 24.3 Å². The van der Waals surface area contributed by atoms with Crippen LogP contribution in [-0.4, -0.2) is 77.5 Å². The third-order valence-electron chi connectivity index (χ3n) is 4.49. The van der Waals surface area contributed by atoms with Gasteiger partial charge in [0.05, 0.1) is 13.0 Å². The van der Waals surface area contributed by atoms with Crippen molar-refractivity contribution in [3.63, 3.8) is 0 Å². The topological polar surface area (TPSA) is 63.6 Å². The molecule has 0 aliphatic rings. The first-order chi connectivity index (χ1) is 17.7. The number of esters is 1. The first-order valence-corrected chi connectivity index (χ1v) is 9.68. The summed E-state index contributed by atoms with van der Waals surface area (Å²) in [6.07, 6.45) is -8.90. The van der Waals surface area contributed by atoms with Crippen LogP contribution in [0.1, 0.15) is 20.3 Å². The van der Waals surface area contributed by atoms with E-state index in [0.29, 0.717) is 0 Å². The SMILES string of the molecule is C=C(C)C(=O)O.C=C(C)C(=O)OCCC(F)(F)C(F)(F)C(F)(F)C(F)(F)C(F)(F)C(F)(F)C(F)(F)C(F)(F)C(F)F. The Kier molecular flexibility index (Phi) is 12.0. The van der Waals surface area contributed by atoms with E-state index >= 15 is 0 Å². The van der Waals surface area contributed by atoms with Gasteiger partial charge in [-0.3, -0.25) is 0 Å². The molecular formula is C19H16F18O4. The number of halogens is 18. The van der Waals surface area contributed by atoms with Crippen molar-refractivity contribution >= 4 is 11.9 Å². The second-order valence-electron chi connectivity index (χ2n) is 7.83. The van der Waals surface area contributed by atoms with Gasteiger partial charge in [0.1, 0.15) is 0 Å². The number of carbonyl (C=O) groups is 2. The highest BCUT2D eigenvalue weighted by atomic mass is 19.4. The molecule has 0 saturated carbocycles. The Morgan fingerprint density at radius 1 is 0.634 bits per heavy atom. The summed E-state index contributed by atoms with van der Waals surface area (Å²) in [4.78, 5) is 20.5. The van der Waals surface area contributed by atoms with Gasteiger partial charge in [0, 0.05) is 11.1 Å². The number of hydrogen-bond acceptors (Lipinski definition) is 3. The predicted molar refractivity (Wildman–Crippen MR) is 98.4 cm³/mol. The number of hydrogen-bond donors (Lipinski definition) is 1. The standard InChI is InChI=1S/C15H10F18O2.C4H6O2/c1-5(2)6(34)35-4-3-8(18,19)10(22,23)12(26,27)14(30,31)15(32,33)13(28,29)11(24,25)9(20,21)7(16)17;1-3(2)4(5)6/h7H,1,3-4H2,2H3;1H2,2H3,(H,5,6). The molecule has 0 aliphatic heterocycles. The molecule has 0 radical (unpaired) electrons. The number of carboxylic acids is 1. The number of carboxylic acid groups (broad SMARTS) is 1. The van der Waals surface area contributed by atoms with E-state index < -0.39 is 84.3 Å². The van der Waals surface area contributed by atoms with E-state index in [1.165, 1.54) is 6.92 Å². The second-order valence-corrected chi connectivity index (χ2v) is 7.83. The fourth-order valence-electron chi connectivity index (χ4n) is 1.92. The molecule has 0 rings (SSSR count). The van der Waals surface area contributed by atoms with Crippen LogP contribution >= 0.6 is 0 Å². The molecule has 0 saturated heterocycles. The molecule has 4 nitrogen and oxygen atoms in total. The van der Waals surface area contributed by atoms with E-state index in [-0.39, 0.29) is 5.57 Å². The summed E-state index contributed by atoms with van der Waals surface area (Å²) in [6.45, 7) is 6.25. The van der Waals surface area contributed by atoms with Crippen LogP contribution in [0.15, 0.2) is 24.3 Å². The monoisotopic (exact) mass is 650 g/mol. The summed E-state index contributed by atoms with van der Waals surface area (Å²) in [6, 6.07) is 0. The van der Waals surface area contributed by atoms with Gasteiger partial charge in [-0.15, -0.1) is 0 Å².